The first kappa shape index (κ1) is 49.8. The molecule has 7 amide bonds. The fourth-order valence-corrected chi connectivity index (χ4v) is 6.62. The summed E-state index contributed by atoms with van der Waals surface area (Å²) in [5.41, 5.74) is 7.63. The number of halogens is 2. The van der Waals surface area contributed by atoms with E-state index < -0.39 is 71.1 Å². The third kappa shape index (κ3) is 16.5. The lowest BCUT2D eigenvalue weighted by Crippen LogP contribution is -2.50. The van der Waals surface area contributed by atoms with Gasteiger partial charge in [-0.05, 0) is 68.9 Å². The molecule has 346 valence electrons. The number of nitrogens with zero attached hydrogens (tertiary/aromatic N) is 2. The van der Waals surface area contributed by atoms with Gasteiger partial charge in [-0.3, -0.25) is 24.1 Å². The molecule has 3 aromatic rings. The summed E-state index contributed by atoms with van der Waals surface area (Å²) in [5.74, 6) is -4.85. The molecule has 1 unspecified atom stereocenters. The van der Waals surface area contributed by atoms with E-state index in [0.29, 0.717) is 49.3 Å². The number of alkyl carbamates (subject to hydrolysis) is 1. The molecule has 0 saturated heterocycles. The third-order valence-corrected chi connectivity index (χ3v) is 9.65. The first-order valence-corrected chi connectivity index (χ1v) is 21.0. The summed E-state index contributed by atoms with van der Waals surface area (Å²) >= 11 is 0. The topological polar surface area (TPSA) is 258 Å². The Bertz CT molecular complexity index is 2120. The van der Waals surface area contributed by atoms with Gasteiger partial charge in [0.05, 0.1) is 0 Å². The van der Waals surface area contributed by atoms with Crippen LogP contribution in [0.4, 0.5) is 24.1 Å². The van der Waals surface area contributed by atoms with E-state index in [1.807, 2.05) is 29.2 Å². The highest BCUT2D eigenvalue weighted by molar-refractivity contribution is 5.93. The van der Waals surface area contributed by atoms with Gasteiger partial charge in [0.15, 0.2) is 5.96 Å². The van der Waals surface area contributed by atoms with Crippen LogP contribution in [0.3, 0.4) is 0 Å². The van der Waals surface area contributed by atoms with Crippen molar-refractivity contribution < 1.29 is 47.4 Å². The number of aromatic hydroxyl groups is 1. The number of anilines is 1. The second-order valence-electron chi connectivity index (χ2n) is 16.0. The van der Waals surface area contributed by atoms with Crippen LogP contribution >= 0.6 is 0 Å². The fraction of sp³-hybridized carbons (Fsp3) is 0.432. The first-order valence-electron chi connectivity index (χ1n) is 21.0. The molecular formula is C44H58F2N10O8. The third-order valence-electron chi connectivity index (χ3n) is 9.65. The Morgan fingerprint density at radius 1 is 0.812 bits per heavy atom. The summed E-state index contributed by atoms with van der Waals surface area (Å²) in [6.07, 6.45) is 0.314. The standard InChI is InChI=1S/C44H58F2N10O8/c1-5-36(58)48-19-20-50-42(62)55-41(47)49-17-9-15-35(39(60)52-24-32-33(45)22-31(57)23-34(32)46)54-40(61)38(56-25-28-11-6-7-12-29(28)26-56)27-13-8-14-30(21-27)53-37(59)16-10-18-51-43(63)64-44(2,3)4/h6-8,11-14,21-23,35,38,57H,5,9-10,15-20,24-26H2,1-4H3,(H,48,58)(H,51,63)(H,52,60)(H,53,59)(H,54,61)(H4,47,49,50,55,62)/t35-,38?/m1/s1. The van der Waals surface area contributed by atoms with E-state index >= 15 is 0 Å². The number of phenols is 1. The van der Waals surface area contributed by atoms with Gasteiger partial charge in [0, 0.05) is 82.0 Å². The van der Waals surface area contributed by atoms with E-state index in [2.05, 4.69) is 42.2 Å². The molecule has 0 aromatic heterocycles. The number of rotatable bonds is 20. The molecule has 4 rings (SSSR count). The summed E-state index contributed by atoms with van der Waals surface area (Å²) in [4.78, 5) is 82.5. The molecule has 10 N–H and O–H groups in total. The number of carbonyl (C=O) groups is 6. The molecule has 0 fully saturated rings. The molecule has 20 heteroatoms. The van der Waals surface area contributed by atoms with Crippen molar-refractivity contribution in [2.75, 3.05) is 31.5 Å². The first-order chi connectivity index (χ1) is 30.4. The minimum Gasteiger partial charge on any atom is -0.508 e. The molecule has 2 atom stereocenters. The summed E-state index contributed by atoms with van der Waals surface area (Å²) in [6, 6.07) is 12.9. The number of hydrogen-bond donors (Lipinski definition) is 9. The van der Waals surface area contributed by atoms with Crippen molar-refractivity contribution in [2.24, 2.45) is 10.7 Å². The van der Waals surface area contributed by atoms with Crippen molar-refractivity contribution in [1.82, 2.24) is 36.8 Å². The van der Waals surface area contributed by atoms with Gasteiger partial charge in [-0.15, -0.1) is 0 Å². The van der Waals surface area contributed by atoms with Crippen molar-refractivity contribution >= 4 is 47.4 Å². The molecule has 0 bridgehead atoms. The van der Waals surface area contributed by atoms with Crippen LogP contribution in [0.15, 0.2) is 65.7 Å². The van der Waals surface area contributed by atoms with Crippen molar-refractivity contribution in [3.05, 3.63) is 94.6 Å². The van der Waals surface area contributed by atoms with Crippen molar-refractivity contribution in [2.45, 2.75) is 97.1 Å². The normalized spacial score (nSPS) is 13.4. The van der Waals surface area contributed by atoms with Crippen LogP contribution in [-0.2, 0) is 43.5 Å². The number of phenolic OH excluding ortho intramolecular Hbond substituents is 1. The number of nitrogens with one attached hydrogen (secondary N) is 7. The number of benzene rings is 3. The van der Waals surface area contributed by atoms with Gasteiger partial charge in [-0.1, -0.05) is 43.3 Å². The van der Waals surface area contributed by atoms with Crippen molar-refractivity contribution in [1.29, 1.82) is 0 Å². The number of fused-ring (bicyclic) bond motifs is 1. The molecule has 1 heterocycles. The molecule has 0 saturated carbocycles. The van der Waals surface area contributed by atoms with Gasteiger partial charge < -0.3 is 52.8 Å². The Hall–Kier alpha value is -6.83. The van der Waals surface area contributed by atoms with E-state index in [9.17, 15) is 42.7 Å². The molecule has 1 aliphatic rings. The molecule has 1 aliphatic heterocycles. The lowest BCUT2D eigenvalue weighted by molar-refractivity contribution is -0.132. The van der Waals surface area contributed by atoms with Crippen LogP contribution in [0.1, 0.15) is 88.1 Å². The summed E-state index contributed by atoms with van der Waals surface area (Å²) in [6.45, 7) is 7.74. The molecule has 3 aromatic carbocycles. The largest absolute Gasteiger partial charge is 0.508 e. The van der Waals surface area contributed by atoms with E-state index in [1.165, 1.54) is 0 Å². The quantitative estimate of drug-likeness (QED) is 0.0449. The average molecular weight is 893 g/mol. The molecule has 64 heavy (non-hydrogen) atoms. The second-order valence-corrected chi connectivity index (χ2v) is 16.0. The van der Waals surface area contributed by atoms with Crippen LogP contribution < -0.4 is 43.0 Å². The summed E-state index contributed by atoms with van der Waals surface area (Å²) in [7, 11) is 0. The Labute approximate surface area is 370 Å². The lowest BCUT2D eigenvalue weighted by atomic mass is 10.0. The maximum atomic E-state index is 14.6. The van der Waals surface area contributed by atoms with Crippen molar-refractivity contribution in [3.8, 4) is 5.75 Å². The maximum absolute atomic E-state index is 14.6. The molecule has 0 aliphatic carbocycles. The van der Waals surface area contributed by atoms with Gasteiger partial charge in [-0.2, -0.15) is 4.99 Å². The lowest BCUT2D eigenvalue weighted by Gasteiger charge is -2.29. The molecular weight excluding hydrogens is 835 g/mol. The van der Waals surface area contributed by atoms with Crippen LogP contribution in [-0.4, -0.2) is 89.5 Å². The fourth-order valence-electron chi connectivity index (χ4n) is 6.62. The zero-order chi connectivity index (χ0) is 46.8. The predicted molar refractivity (Wildman–Crippen MR) is 234 cm³/mol. The van der Waals surface area contributed by atoms with Gasteiger partial charge in [0.2, 0.25) is 23.6 Å². The smallest absolute Gasteiger partial charge is 0.407 e. The highest BCUT2D eigenvalue weighted by Gasteiger charge is 2.34. The minimum atomic E-state index is -1.25. The van der Waals surface area contributed by atoms with Crippen LogP contribution in [0.2, 0.25) is 0 Å². The van der Waals surface area contributed by atoms with E-state index in [4.69, 9.17) is 10.5 Å². The number of ether oxygens (including phenoxy) is 1. The monoisotopic (exact) mass is 892 g/mol. The Balaban J connectivity index is 1.49. The number of amides is 7. The highest BCUT2D eigenvalue weighted by atomic mass is 19.1. The molecule has 18 nitrogen and oxygen atoms in total. The van der Waals surface area contributed by atoms with Crippen molar-refractivity contribution in [3.63, 3.8) is 0 Å². The van der Waals surface area contributed by atoms with Gasteiger partial charge in [0.25, 0.3) is 0 Å². The highest BCUT2D eigenvalue weighted by Crippen LogP contribution is 2.33. The Morgan fingerprint density at radius 3 is 2.12 bits per heavy atom. The van der Waals surface area contributed by atoms with E-state index in [0.717, 1.165) is 11.1 Å². The average Bonchev–Trinajstić information content (AvgIpc) is 3.64. The Morgan fingerprint density at radius 2 is 1.47 bits per heavy atom. The van der Waals surface area contributed by atoms with Gasteiger partial charge in [-0.25, -0.2) is 18.4 Å². The number of urea groups is 1. The number of hydrogen-bond acceptors (Lipinski definition) is 9. The van der Waals surface area contributed by atoms with Gasteiger partial charge >= 0.3 is 12.1 Å². The summed E-state index contributed by atoms with van der Waals surface area (Å²) in [5, 5.41) is 28.3. The van der Waals surface area contributed by atoms with E-state index in [-0.39, 0.29) is 63.2 Å². The number of carbonyl (C=O) groups excluding carboxylic acids is 6. The number of nitrogens with two attached hydrogens (primary N) is 1. The minimum absolute atomic E-state index is 0.00640. The van der Waals surface area contributed by atoms with Crippen LogP contribution in [0, 0.1) is 11.6 Å². The van der Waals surface area contributed by atoms with Crippen LogP contribution in [0.25, 0.3) is 0 Å². The van der Waals surface area contributed by atoms with Gasteiger partial charge in [0.1, 0.15) is 35.1 Å². The molecule has 0 radical (unpaired) electrons. The Kier molecular flexibility index (Phi) is 18.8. The zero-order valence-corrected chi connectivity index (χ0v) is 36.4. The number of aliphatic imine (C=N–C) groups is 1. The molecule has 0 spiro atoms. The van der Waals surface area contributed by atoms with Crippen LogP contribution in [0.5, 0.6) is 5.75 Å². The second kappa shape index (κ2) is 24.1. The predicted octanol–water partition coefficient (Wildman–Crippen LogP) is 3.69. The SMILES string of the molecule is CCC(=O)NCCNC(=O)/N=C(/N)NCCC[C@@H](NC(=O)C(c1cccc(NC(=O)CCCNC(=O)OC(C)(C)C)c1)N1Cc2ccccc2C1)C(=O)NCc1c(F)cc(O)cc1F. The number of guanidine groups is 1. The summed E-state index contributed by atoms with van der Waals surface area (Å²) < 4.78 is 34.5. The zero-order valence-electron chi connectivity index (χ0n) is 36.4. The van der Waals surface area contributed by atoms with E-state index in [1.54, 1.807) is 52.0 Å². The maximum Gasteiger partial charge on any atom is 0.407 e.